The van der Waals surface area contributed by atoms with Gasteiger partial charge in [0.25, 0.3) is 5.56 Å². The summed E-state index contributed by atoms with van der Waals surface area (Å²) in [6, 6.07) is 8.49. The van der Waals surface area contributed by atoms with E-state index in [-0.39, 0.29) is 25.9 Å². The Kier molecular flexibility index (Phi) is 7.06. The number of nitrogens with zero attached hydrogens (tertiary/aromatic N) is 1. The van der Waals surface area contributed by atoms with Crippen molar-refractivity contribution >= 4 is 10.0 Å². The molecule has 2 fully saturated rings. The van der Waals surface area contributed by atoms with Gasteiger partial charge in [0.15, 0.2) is 0 Å². The van der Waals surface area contributed by atoms with Crippen LogP contribution >= 0.6 is 0 Å². The first-order valence-corrected chi connectivity index (χ1v) is 13.0. The minimum absolute atomic E-state index is 0.0719. The van der Waals surface area contributed by atoms with E-state index >= 15 is 0 Å². The average molecular weight is 478 g/mol. The van der Waals surface area contributed by atoms with Crippen LogP contribution < -0.4 is 21.1 Å². The molecule has 0 amide bonds. The van der Waals surface area contributed by atoms with Crippen molar-refractivity contribution in [3.63, 3.8) is 0 Å². The van der Waals surface area contributed by atoms with E-state index in [4.69, 9.17) is 14.6 Å². The highest BCUT2D eigenvalue weighted by atomic mass is 32.2. The Morgan fingerprint density at radius 1 is 1.12 bits per heavy atom. The number of ether oxygens (including phenoxy) is 2. The first-order chi connectivity index (χ1) is 15.8. The maximum absolute atomic E-state index is 13.0. The van der Waals surface area contributed by atoms with Crippen molar-refractivity contribution < 1.29 is 17.9 Å². The van der Waals surface area contributed by atoms with E-state index in [1.807, 2.05) is 12.1 Å². The summed E-state index contributed by atoms with van der Waals surface area (Å²) in [5.41, 5.74) is -0.471. The van der Waals surface area contributed by atoms with Crippen LogP contribution in [-0.4, -0.2) is 30.7 Å². The molecule has 0 radical (unpaired) electrons. The van der Waals surface area contributed by atoms with Gasteiger partial charge in [-0.25, -0.2) is 18.4 Å². The minimum atomic E-state index is -3.99. The summed E-state index contributed by atoms with van der Waals surface area (Å²) in [4.78, 5) is 25.2. The average Bonchev–Trinajstić information content (AvgIpc) is 3.43. The molecule has 9 nitrogen and oxygen atoms in total. The first-order valence-electron chi connectivity index (χ1n) is 11.4. The molecule has 2 aromatic rings. The summed E-state index contributed by atoms with van der Waals surface area (Å²) in [5, 5.41) is 5.85. The van der Waals surface area contributed by atoms with Crippen LogP contribution in [0, 0.1) is 5.92 Å². The zero-order valence-corrected chi connectivity index (χ0v) is 19.4. The number of aromatic nitrogens is 2. The van der Waals surface area contributed by atoms with Gasteiger partial charge in [0, 0.05) is 12.3 Å². The van der Waals surface area contributed by atoms with E-state index in [9.17, 15) is 18.0 Å². The van der Waals surface area contributed by atoms with Crippen molar-refractivity contribution in [3.05, 3.63) is 62.9 Å². The fraction of sp³-hybridized carbons (Fsp3) is 0.565. The van der Waals surface area contributed by atoms with Gasteiger partial charge >= 0.3 is 5.69 Å². The number of H-pyrrole nitrogens is 1. The van der Waals surface area contributed by atoms with Crippen LogP contribution in [0.1, 0.15) is 56.9 Å². The second-order valence-corrected chi connectivity index (χ2v) is 11.0. The van der Waals surface area contributed by atoms with E-state index in [0.717, 1.165) is 38.5 Å². The molecule has 2 aliphatic carbocycles. The molecule has 1 heterocycles. The smallest absolute Gasteiger partial charge is 0.330 e. The molecule has 4 rings (SSSR count). The van der Waals surface area contributed by atoms with Crippen molar-refractivity contribution in [3.8, 4) is 5.75 Å². The van der Waals surface area contributed by atoms with Gasteiger partial charge in [-0.3, -0.25) is 14.3 Å². The number of nitrogens with one attached hydrogen (secondary N) is 1. The Morgan fingerprint density at radius 2 is 1.88 bits per heavy atom. The predicted octanol–water partition coefficient (Wildman–Crippen LogP) is 2.21. The van der Waals surface area contributed by atoms with Crippen LogP contribution in [0.2, 0.25) is 0 Å². The van der Waals surface area contributed by atoms with Crippen molar-refractivity contribution in [2.75, 3.05) is 6.61 Å². The molecule has 0 aliphatic heterocycles. The Hall–Kier alpha value is -2.43. The molecule has 3 N–H and O–H groups in total. The molecule has 2 saturated carbocycles. The van der Waals surface area contributed by atoms with Crippen LogP contribution in [0.5, 0.6) is 5.75 Å². The van der Waals surface area contributed by atoms with Crippen LogP contribution in [0.4, 0.5) is 0 Å². The van der Waals surface area contributed by atoms with Gasteiger partial charge in [-0.15, -0.1) is 0 Å². The highest BCUT2D eigenvalue weighted by Crippen LogP contribution is 2.47. The predicted molar refractivity (Wildman–Crippen MR) is 123 cm³/mol. The van der Waals surface area contributed by atoms with E-state index in [1.54, 1.807) is 12.1 Å². The zero-order chi connectivity index (χ0) is 23.5. The summed E-state index contributed by atoms with van der Waals surface area (Å²) >= 11 is 0. The Balaban J connectivity index is 1.54. The SMILES string of the molecule is NS(=O)(=O)C(CCOCn1ccc(=O)[nH]c1=O)(CC1CC1)c1cccc(OC2CCCC2)c1. The Bertz CT molecular complexity index is 1180. The molecular weight excluding hydrogens is 446 g/mol. The van der Waals surface area contributed by atoms with Crippen LogP contribution in [0.15, 0.2) is 46.1 Å². The van der Waals surface area contributed by atoms with E-state index < -0.39 is 26.0 Å². The Labute approximate surface area is 193 Å². The molecule has 10 heteroatoms. The third-order valence-corrected chi connectivity index (χ3v) is 8.30. The lowest BCUT2D eigenvalue weighted by Crippen LogP contribution is -2.42. The third-order valence-electron chi connectivity index (χ3n) is 6.60. The molecule has 0 bridgehead atoms. The number of rotatable bonds is 11. The fourth-order valence-electron chi connectivity index (χ4n) is 4.57. The molecule has 180 valence electrons. The fourth-order valence-corrected chi connectivity index (χ4v) is 5.86. The summed E-state index contributed by atoms with van der Waals surface area (Å²) in [5.74, 6) is 0.952. The number of primary sulfonamides is 1. The van der Waals surface area contributed by atoms with Gasteiger partial charge < -0.3 is 9.47 Å². The number of aromatic amines is 1. The third kappa shape index (κ3) is 5.74. The van der Waals surface area contributed by atoms with Crippen LogP contribution in [0.3, 0.4) is 0 Å². The van der Waals surface area contributed by atoms with Gasteiger partial charge in [-0.2, -0.15) is 0 Å². The zero-order valence-electron chi connectivity index (χ0n) is 18.6. The lowest BCUT2D eigenvalue weighted by Gasteiger charge is -2.33. The van der Waals surface area contributed by atoms with Crippen molar-refractivity contribution in [2.24, 2.45) is 11.1 Å². The lowest BCUT2D eigenvalue weighted by molar-refractivity contribution is 0.0645. The molecular formula is C23H31N3O6S. The van der Waals surface area contributed by atoms with Crippen molar-refractivity contribution in [1.82, 2.24) is 9.55 Å². The maximum Gasteiger partial charge on any atom is 0.330 e. The number of sulfonamides is 1. The Morgan fingerprint density at radius 3 is 2.55 bits per heavy atom. The highest BCUT2D eigenvalue weighted by molar-refractivity contribution is 7.90. The largest absolute Gasteiger partial charge is 0.490 e. The van der Waals surface area contributed by atoms with E-state index in [0.29, 0.717) is 23.7 Å². The number of nitrogens with two attached hydrogens (primary N) is 1. The van der Waals surface area contributed by atoms with Crippen LogP contribution in [-0.2, 0) is 26.2 Å². The van der Waals surface area contributed by atoms with Gasteiger partial charge in [-0.1, -0.05) is 25.0 Å². The summed E-state index contributed by atoms with van der Waals surface area (Å²) in [6.07, 6.45) is 8.30. The standard InChI is InChI=1S/C23H31N3O6S/c24-33(29,30)23(15-17-8-9-17,11-13-31-16-26-12-10-21(27)25-22(26)28)18-4-3-7-20(14-18)32-19-5-1-2-6-19/h3-4,7,10,12,14,17,19H,1-2,5-6,8-9,11,13,15-16H2,(H2,24,29,30)(H,25,27,28). The second kappa shape index (κ2) is 9.82. The normalized spacial score (nSPS) is 18.8. The van der Waals surface area contributed by atoms with Crippen molar-refractivity contribution in [2.45, 2.75) is 68.9 Å². The quantitative estimate of drug-likeness (QED) is 0.477. The van der Waals surface area contributed by atoms with E-state index in [1.165, 1.54) is 16.8 Å². The lowest BCUT2D eigenvalue weighted by atomic mass is 9.89. The van der Waals surface area contributed by atoms with Gasteiger partial charge in [0.2, 0.25) is 10.0 Å². The molecule has 0 saturated heterocycles. The molecule has 1 atom stereocenters. The minimum Gasteiger partial charge on any atom is -0.490 e. The molecule has 1 aromatic carbocycles. The van der Waals surface area contributed by atoms with Gasteiger partial charge in [0.1, 0.15) is 17.2 Å². The molecule has 1 unspecified atom stereocenters. The summed E-state index contributed by atoms with van der Waals surface area (Å²) in [6.45, 7) is -0.0347. The first kappa shape index (κ1) is 23.7. The van der Waals surface area contributed by atoms with Gasteiger partial charge in [0.05, 0.1) is 12.7 Å². The molecule has 2 aliphatic rings. The van der Waals surface area contributed by atoms with Gasteiger partial charge in [-0.05, 0) is 62.1 Å². The second-order valence-electron chi connectivity index (χ2n) is 9.11. The monoisotopic (exact) mass is 477 g/mol. The molecule has 1 aromatic heterocycles. The molecule has 0 spiro atoms. The molecule has 33 heavy (non-hydrogen) atoms. The van der Waals surface area contributed by atoms with Crippen molar-refractivity contribution in [1.29, 1.82) is 0 Å². The number of hydrogen-bond acceptors (Lipinski definition) is 6. The highest BCUT2D eigenvalue weighted by Gasteiger charge is 2.47. The summed E-state index contributed by atoms with van der Waals surface area (Å²) < 4.78 is 37.7. The van der Waals surface area contributed by atoms with Crippen LogP contribution in [0.25, 0.3) is 0 Å². The number of benzene rings is 1. The van der Waals surface area contributed by atoms with E-state index in [2.05, 4.69) is 4.98 Å². The summed E-state index contributed by atoms with van der Waals surface area (Å²) in [7, 11) is -3.99. The maximum atomic E-state index is 13.0. The topological polar surface area (TPSA) is 133 Å². The number of hydrogen-bond donors (Lipinski definition) is 2.